The van der Waals surface area contributed by atoms with Crippen molar-refractivity contribution in [3.8, 4) is 0 Å². The minimum Gasteiger partial charge on any atom is -0.381 e. The smallest absolute Gasteiger partial charge is 0.0701 e. The fraction of sp³-hybridized carbons (Fsp3) is 1.00. The van der Waals surface area contributed by atoms with E-state index < -0.39 is 0 Å². The molecule has 0 saturated carbocycles. The molecule has 1 heterocycles. The lowest BCUT2D eigenvalue weighted by atomic mass is 10.0. The van der Waals surface area contributed by atoms with E-state index in [2.05, 4.69) is 12.2 Å². The van der Waals surface area contributed by atoms with Crippen LogP contribution in [0.4, 0.5) is 0 Å². The highest BCUT2D eigenvalue weighted by atomic mass is 16.5. The molecule has 1 fully saturated rings. The minimum atomic E-state index is 0.646. The zero-order valence-corrected chi connectivity index (χ0v) is 13.6. The maximum Gasteiger partial charge on any atom is 0.0701 e. The Balaban J connectivity index is 1.69. The molecule has 5 heteroatoms. The molecule has 0 aliphatic carbocycles. The summed E-state index contributed by atoms with van der Waals surface area (Å²) in [5.74, 6) is 0.676. The van der Waals surface area contributed by atoms with Gasteiger partial charge >= 0.3 is 0 Å². The first-order valence-electron chi connectivity index (χ1n) is 8.45. The van der Waals surface area contributed by atoms with Crippen molar-refractivity contribution in [2.75, 3.05) is 65.9 Å². The molecule has 21 heavy (non-hydrogen) atoms. The summed E-state index contributed by atoms with van der Waals surface area (Å²) >= 11 is 0. The molecule has 1 unspecified atom stereocenters. The van der Waals surface area contributed by atoms with Gasteiger partial charge in [0, 0.05) is 26.3 Å². The summed E-state index contributed by atoms with van der Waals surface area (Å²) in [6, 6.07) is 0. The second kappa shape index (κ2) is 14.7. The first-order valence-corrected chi connectivity index (χ1v) is 8.45. The lowest BCUT2D eigenvalue weighted by Crippen LogP contribution is -2.31. The third-order valence-corrected chi connectivity index (χ3v) is 3.50. The number of unbranched alkanes of at least 4 members (excludes halogenated alkanes) is 1. The first-order chi connectivity index (χ1) is 10.4. The fourth-order valence-corrected chi connectivity index (χ4v) is 2.21. The van der Waals surface area contributed by atoms with Crippen LogP contribution in [-0.2, 0) is 18.9 Å². The number of rotatable bonds is 14. The molecule has 0 amide bonds. The molecule has 1 saturated heterocycles. The lowest BCUT2D eigenvalue weighted by molar-refractivity contribution is 0.0140. The predicted molar refractivity (Wildman–Crippen MR) is 83.8 cm³/mol. The van der Waals surface area contributed by atoms with E-state index in [-0.39, 0.29) is 0 Å². The van der Waals surface area contributed by atoms with Crippen LogP contribution < -0.4 is 5.32 Å². The molecule has 1 aliphatic rings. The third kappa shape index (κ3) is 12.1. The molecule has 0 aromatic carbocycles. The highest BCUT2D eigenvalue weighted by Gasteiger charge is 2.12. The Bertz CT molecular complexity index is 210. The van der Waals surface area contributed by atoms with Crippen LogP contribution in [0.2, 0.25) is 0 Å². The van der Waals surface area contributed by atoms with E-state index in [9.17, 15) is 0 Å². The van der Waals surface area contributed by atoms with Gasteiger partial charge in [0.15, 0.2) is 0 Å². The van der Waals surface area contributed by atoms with Crippen LogP contribution in [0.5, 0.6) is 0 Å². The van der Waals surface area contributed by atoms with Crippen molar-refractivity contribution in [3.05, 3.63) is 0 Å². The summed E-state index contributed by atoms with van der Waals surface area (Å²) in [5, 5.41) is 3.42. The quantitative estimate of drug-likeness (QED) is 0.496. The van der Waals surface area contributed by atoms with Gasteiger partial charge < -0.3 is 24.3 Å². The van der Waals surface area contributed by atoms with Gasteiger partial charge in [-0.1, -0.05) is 13.3 Å². The van der Waals surface area contributed by atoms with Gasteiger partial charge in [0.2, 0.25) is 0 Å². The van der Waals surface area contributed by atoms with Gasteiger partial charge in [-0.2, -0.15) is 0 Å². The normalized spacial score (nSPS) is 19.0. The average Bonchev–Trinajstić information content (AvgIpc) is 2.53. The summed E-state index contributed by atoms with van der Waals surface area (Å²) in [7, 11) is 0. The lowest BCUT2D eigenvalue weighted by Gasteiger charge is -2.22. The SMILES string of the molecule is CCCCOCCOCCOCCNCC1CCCOC1. The predicted octanol–water partition coefficient (Wildman–Crippen LogP) is 1.85. The summed E-state index contributed by atoms with van der Waals surface area (Å²) < 4.78 is 21.8. The van der Waals surface area contributed by atoms with E-state index in [1.807, 2.05) is 0 Å². The van der Waals surface area contributed by atoms with Crippen LogP contribution in [0.3, 0.4) is 0 Å². The van der Waals surface area contributed by atoms with Gasteiger partial charge in [0.25, 0.3) is 0 Å². The average molecular weight is 303 g/mol. The second-order valence-electron chi connectivity index (χ2n) is 5.48. The molecule has 1 atom stereocenters. The highest BCUT2D eigenvalue weighted by molar-refractivity contribution is 4.65. The van der Waals surface area contributed by atoms with Crippen LogP contribution in [0.25, 0.3) is 0 Å². The second-order valence-corrected chi connectivity index (χ2v) is 5.48. The molecule has 1 N–H and O–H groups in total. The van der Waals surface area contributed by atoms with Crippen molar-refractivity contribution in [3.63, 3.8) is 0 Å². The van der Waals surface area contributed by atoms with Crippen molar-refractivity contribution >= 4 is 0 Å². The summed E-state index contributed by atoms with van der Waals surface area (Å²) in [6.07, 6.45) is 4.78. The number of nitrogens with one attached hydrogen (secondary N) is 1. The van der Waals surface area contributed by atoms with Crippen LogP contribution in [-0.4, -0.2) is 65.9 Å². The molecule has 126 valence electrons. The zero-order chi connectivity index (χ0) is 15.0. The maximum absolute atomic E-state index is 5.51. The van der Waals surface area contributed by atoms with E-state index >= 15 is 0 Å². The molecule has 1 aliphatic heterocycles. The molecule has 0 spiro atoms. The number of hydrogen-bond acceptors (Lipinski definition) is 5. The molecular weight excluding hydrogens is 270 g/mol. The highest BCUT2D eigenvalue weighted by Crippen LogP contribution is 2.11. The molecule has 0 radical (unpaired) electrons. The van der Waals surface area contributed by atoms with E-state index in [4.69, 9.17) is 18.9 Å². The van der Waals surface area contributed by atoms with Crippen molar-refractivity contribution in [1.29, 1.82) is 0 Å². The zero-order valence-electron chi connectivity index (χ0n) is 13.6. The Morgan fingerprint density at radius 1 is 1.00 bits per heavy atom. The van der Waals surface area contributed by atoms with Crippen LogP contribution in [0.1, 0.15) is 32.6 Å². The molecule has 5 nitrogen and oxygen atoms in total. The molecular formula is C16H33NO4. The van der Waals surface area contributed by atoms with Crippen molar-refractivity contribution in [2.24, 2.45) is 5.92 Å². The first kappa shape index (κ1) is 18.8. The number of hydrogen-bond donors (Lipinski definition) is 1. The van der Waals surface area contributed by atoms with E-state index in [1.54, 1.807) is 0 Å². The fourth-order valence-electron chi connectivity index (χ4n) is 2.21. The van der Waals surface area contributed by atoms with E-state index in [0.717, 1.165) is 45.9 Å². The van der Waals surface area contributed by atoms with Crippen LogP contribution in [0, 0.1) is 5.92 Å². The van der Waals surface area contributed by atoms with Gasteiger partial charge in [-0.3, -0.25) is 0 Å². The summed E-state index contributed by atoms with van der Waals surface area (Å²) in [6.45, 7) is 10.2. The number of ether oxygens (including phenoxy) is 4. The topological polar surface area (TPSA) is 49.0 Å². The minimum absolute atomic E-state index is 0.646. The van der Waals surface area contributed by atoms with Gasteiger partial charge in [0.1, 0.15) is 0 Å². The Kier molecular flexibility index (Phi) is 13.2. The van der Waals surface area contributed by atoms with Gasteiger partial charge in [-0.25, -0.2) is 0 Å². The van der Waals surface area contributed by atoms with Crippen molar-refractivity contribution < 1.29 is 18.9 Å². The Hall–Kier alpha value is -0.200. The Morgan fingerprint density at radius 3 is 2.38 bits per heavy atom. The molecule has 0 aromatic rings. The third-order valence-electron chi connectivity index (χ3n) is 3.50. The van der Waals surface area contributed by atoms with Gasteiger partial charge in [-0.15, -0.1) is 0 Å². The Labute approximate surface area is 129 Å². The monoisotopic (exact) mass is 303 g/mol. The van der Waals surface area contributed by atoms with Crippen LogP contribution in [0.15, 0.2) is 0 Å². The largest absolute Gasteiger partial charge is 0.381 e. The van der Waals surface area contributed by atoms with E-state index in [1.165, 1.54) is 19.3 Å². The summed E-state index contributed by atoms with van der Waals surface area (Å²) in [5.41, 5.74) is 0. The van der Waals surface area contributed by atoms with Gasteiger partial charge in [0.05, 0.1) is 39.6 Å². The van der Waals surface area contributed by atoms with Crippen LogP contribution >= 0.6 is 0 Å². The van der Waals surface area contributed by atoms with Crippen molar-refractivity contribution in [2.45, 2.75) is 32.6 Å². The standard InChI is InChI=1S/C16H33NO4/c1-2-3-7-18-10-12-20-13-11-19-9-6-17-14-16-5-4-8-21-15-16/h16-17H,2-15H2,1H3. The Morgan fingerprint density at radius 2 is 1.71 bits per heavy atom. The molecule has 0 bridgehead atoms. The summed E-state index contributed by atoms with van der Waals surface area (Å²) in [4.78, 5) is 0. The molecule has 0 aromatic heterocycles. The van der Waals surface area contributed by atoms with Gasteiger partial charge in [-0.05, 0) is 25.2 Å². The maximum atomic E-state index is 5.51. The van der Waals surface area contributed by atoms with Crippen molar-refractivity contribution in [1.82, 2.24) is 5.32 Å². The van der Waals surface area contributed by atoms with E-state index in [0.29, 0.717) is 32.3 Å². The molecule has 1 rings (SSSR count).